The smallest absolute Gasteiger partial charge is 0.0389 e. The highest BCUT2D eigenvalue weighted by molar-refractivity contribution is 7.19. The van der Waals surface area contributed by atoms with E-state index in [1.54, 1.807) is 0 Å². The number of benzene rings is 1. The average molecular weight is 282 g/mol. The fourth-order valence-corrected chi connectivity index (χ4v) is 3.35. The summed E-state index contributed by atoms with van der Waals surface area (Å²) in [5.74, 6) is 0. The maximum atomic E-state index is 4.19. The monoisotopic (exact) mass is 282 g/mol. The molecule has 2 heterocycles. The molecule has 0 saturated carbocycles. The van der Waals surface area contributed by atoms with Crippen molar-refractivity contribution < 1.29 is 0 Å². The molecule has 3 aromatic rings. The predicted molar refractivity (Wildman–Crippen MR) is 86.1 cm³/mol. The molecule has 3 rings (SSSR count). The molecule has 0 aliphatic carbocycles. The van der Waals surface area contributed by atoms with E-state index >= 15 is 0 Å². The molecule has 1 unspecified atom stereocenters. The van der Waals surface area contributed by atoms with Gasteiger partial charge < -0.3 is 5.32 Å². The van der Waals surface area contributed by atoms with Gasteiger partial charge in [0.15, 0.2) is 0 Å². The molecule has 102 valence electrons. The van der Waals surface area contributed by atoms with Crippen LogP contribution in [0.1, 0.15) is 29.0 Å². The van der Waals surface area contributed by atoms with Gasteiger partial charge in [-0.25, -0.2) is 0 Å². The summed E-state index contributed by atoms with van der Waals surface area (Å²) in [6.07, 6.45) is 3.79. The third-order valence-corrected chi connectivity index (χ3v) is 4.92. The molecule has 0 radical (unpaired) electrons. The summed E-state index contributed by atoms with van der Waals surface area (Å²) in [7, 11) is 0. The van der Waals surface area contributed by atoms with Crippen LogP contribution in [0, 0.1) is 6.92 Å². The number of nitrogens with one attached hydrogen (secondary N) is 1. The third-order valence-electron chi connectivity index (χ3n) is 3.62. The molecule has 1 N–H and O–H groups in total. The Morgan fingerprint density at radius 1 is 1.25 bits per heavy atom. The van der Waals surface area contributed by atoms with Gasteiger partial charge in [0.25, 0.3) is 0 Å². The van der Waals surface area contributed by atoms with E-state index in [4.69, 9.17) is 0 Å². The summed E-state index contributed by atoms with van der Waals surface area (Å²) in [5.41, 5.74) is 2.55. The molecule has 0 aliphatic heterocycles. The molecule has 0 bridgehead atoms. The summed E-state index contributed by atoms with van der Waals surface area (Å²) in [4.78, 5) is 5.58. The number of thiophene rings is 1. The van der Waals surface area contributed by atoms with E-state index < -0.39 is 0 Å². The van der Waals surface area contributed by atoms with Crippen LogP contribution in [0.5, 0.6) is 0 Å². The fourth-order valence-electron chi connectivity index (χ4n) is 2.26. The molecular weight excluding hydrogens is 264 g/mol. The van der Waals surface area contributed by atoms with Crippen molar-refractivity contribution in [3.63, 3.8) is 0 Å². The Kier molecular flexibility index (Phi) is 3.81. The number of aromatic nitrogens is 1. The molecule has 1 atom stereocenters. The van der Waals surface area contributed by atoms with Crippen molar-refractivity contribution in [2.24, 2.45) is 0 Å². The highest BCUT2D eigenvalue weighted by Gasteiger charge is 2.09. The minimum absolute atomic E-state index is 0.354. The molecule has 0 saturated heterocycles. The van der Waals surface area contributed by atoms with Crippen LogP contribution in [0.25, 0.3) is 10.1 Å². The molecule has 3 heteroatoms. The molecule has 0 fully saturated rings. The van der Waals surface area contributed by atoms with E-state index in [1.807, 2.05) is 23.7 Å². The summed E-state index contributed by atoms with van der Waals surface area (Å²) in [6.45, 7) is 5.20. The second kappa shape index (κ2) is 5.73. The SMILES string of the molecule is Cc1ccncc1CNC(C)c1cc2ccccc2s1. The van der Waals surface area contributed by atoms with Crippen molar-refractivity contribution in [1.82, 2.24) is 10.3 Å². The maximum absolute atomic E-state index is 4.19. The maximum Gasteiger partial charge on any atom is 0.0389 e. The summed E-state index contributed by atoms with van der Waals surface area (Å²) >= 11 is 1.87. The van der Waals surface area contributed by atoms with Crippen LogP contribution in [-0.4, -0.2) is 4.98 Å². The van der Waals surface area contributed by atoms with Crippen molar-refractivity contribution in [3.8, 4) is 0 Å². The van der Waals surface area contributed by atoms with E-state index in [0.717, 1.165) is 6.54 Å². The Bertz CT molecular complexity index is 685. The number of hydrogen-bond donors (Lipinski definition) is 1. The van der Waals surface area contributed by atoms with Crippen molar-refractivity contribution in [3.05, 3.63) is 64.8 Å². The van der Waals surface area contributed by atoms with Crippen LogP contribution >= 0.6 is 11.3 Å². The second-order valence-corrected chi connectivity index (χ2v) is 6.21. The minimum Gasteiger partial charge on any atom is -0.305 e. The molecule has 20 heavy (non-hydrogen) atoms. The summed E-state index contributed by atoms with van der Waals surface area (Å²) in [5, 5.41) is 4.92. The van der Waals surface area contributed by atoms with E-state index in [2.05, 4.69) is 60.5 Å². The van der Waals surface area contributed by atoms with E-state index in [0.29, 0.717) is 6.04 Å². The highest BCUT2D eigenvalue weighted by atomic mass is 32.1. The van der Waals surface area contributed by atoms with Gasteiger partial charge in [0.1, 0.15) is 0 Å². The van der Waals surface area contributed by atoms with Crippen molar-refractivity contribution >= 4 is 21.4 Å². The van der Waals surface area contributed by atoms with Crippen LogP contribution in [0.15, 0.2) is 48.8 Å². The van der Waals surface area contributed by atoms with Gasteiger partial charge in [-0.2, -0.15) is 0 Å². The van der Waals surface area contributed by atoms with Crippen molar-refractivity contribution in [2.45, 2.75) is 26.4 Å². The third kappa shape index (κ3) is 2.74. The Morgan fingerprint density at radius 3 is 2.90 bits per heavy atom. The van der Waals surface area contributed by atoms with Crippen LogP contribution in [0.2, 0.25) is 0 Å². The highest BCUT2D eigenvalue weighted by Crippen LogP contribution is 2.29. The first-order valence-corrected chi connectivity index (χ1v) is 7.67. The topological polar surface area (TPSA) is 24.9 Å². The van der Waals surface area contributed by atoms with Crippen LogP contribution in [-0.2, 0) is 6.54 Å². The molecule has 0 aliphatic rings. The number of rotatable bonds is 4. The van der Waals surface area contributed by atoms with Gasteiger partial charge in [-0.3, -0.25) is 4.98 Å². The summed E-state index contributed by atoms with van der Waals surface area (Å²) < 4.78 is 1.36. The first kappa shape index (κ1) is 13.3. The first-order chi connectivity index (χ1) is 9.74. The normalized spacial score (nSPS) is 12.7. The van der Waals surface area contributed by atoms with Gasteiger partial charge in [0.05, 0.1) is 0 Å². The molecular formula is C17H18N2S. The van der Waals surface area contributed by atoms with Crippen molar-refractivity contribution in [1.29, 1.82) is 0 Å². The lowest BCUT2D eigenvalue weighted by molar-refractivity contribution is 0.581. The van der Waals surface area contributed by atoms with Crippen molar-refractivity contribution in [2.75, 3.05) is 0 Å². The standard InChI is InChI=1S/C17H18N2S/c1-12-7-8-18-10-15(12)11-19-13(2)17-9-14-5-3-4-6-16(14)20-17/h3-10,13,19H,11H2,1-2H3. The Morgan fingerprint density at radius 2 is 2.10 bits per heavy atom. The van der Waals surface area contributed by atoms with Gasteiger partial charge in [-0.1, -0.05) is 18.2 Å². The zero-order valence-corrected chi connectivity index (χ0v) is 12.6. The van der Waals surface area contributed by atoms with Gasteiger partial charge in [-0.05, 0) is 48.6 Å². The van der Waals surface area contributed by atoms with E-state index in [-0.39, 0.29) is 0 Å². The predicted octanol–water partition coefficient (Wildman–Crippen LogP) is 4.46. The number of aryl methyl sites for hydroxylation is 1. The zero-order valence-electron chi connectivity index (χ0n) is 11.8. The molecule has 0 amide bonds. The minimum atomic E-state index is 0.354. The fraction of sp³-hybridized carbons (Fsp3) is 0.235. The van der Waals surface area contributed by atoms with Crippen LogP contribution in [0.3, 0.4) is 0 Å². The summed E-state index contributed by atoms with van der Waals surface area (Å²) in [6, 6.07) is 13.2. The van der Waals surface area contributed by atoms with Crippen LogP contribution in [0.4, 0.5) is 0 Å². The molecule has 0 spiro atoms. The Hall–Kier alpha value is -1.71. The largest absolute Gasteiger partial charge is 0.305 e. The number of fused-ring (bicyclic) bond motifs is 1. The quantitative estimate of drug-likeness (QED) is 0.764. The van der Waals surface area contributed by atoms with Gasteiger partial charge in [0.2, 0.25) is 0 Å². The molecule has 2 nitrogen and oxygen atoms in total. The van der Waals surface area contributed by atoms with E-state index in [1.165, 1.54) is 26.1 Å². The first-order valence-electron chi connectivity index (χ1n) is 6.85. The lowest BCUT2D eigenvalue weighted by Crippen LogP contribution is -2.17. The lowest BCUT2D eigenvalue weighted by Gasteiger charge is -2.13. The number of hydrogen-bond acceptors (Lipinski definition) is 3. The zero-order chi connectivity index (χ0) is 13.9. The molecule has 1 aromatic carbocycles. The van der Waals surface area contributed by atoms with Gasteiger partial charge >= 0.3 is 0 Å². The second-order valence-electron chi connectivity index (χ2n) is 5.09. The number of nitrogens with zero attached hydrogens (tertiary/aromatic N) is 1. The van der Waals surface area contributed by atoms with Gasteiger partial charge in [0, 0.05) is 34.6 Å². The van der Waals surface area contributed by atoms with E-state index in [9.17, 15) is 0 Å². The molecule has 2 aromatic heterocycles. The lowest BCUT2D eigenvalue weighted by atomic mass is 10.1. The number of pyridine rings is 1. The van der Waals surface area contributed by atoms with Gasteiger partial charge in [-0.15, -0.1) is 11.3 Å². The van der Waals surface area contributed by atoms with Crippen LogP contribution < -0.4 is 5.32 Å². The Labute approximate surface area is 123 Å². The Balaban J connectivity index is 1.73. The average Bonchev–Trinajstić information content (AvgIpc) is 2.90.